The van der Waals surface area contributed by atoms with E-state index >= 15 is 0 Å². The first kappa shape index (κ1) is 24.0. The summed E-state index contributed by atoms with van der Waals surface area (Å²) in [6.07, 6.45) is 0.503. The summed E-state index contributed by atoms with van der Waals surface area (Å²) < 4.78 is 0. The third kappa shape index (κ3) is 5.35. The maximum atomic E-state index is 12.9. The number of hydrogen-bond donors (Lipinski definition) is 3. The number of azo groups is 1. The fraction of sp³-hybridized carbons (Fsp3) is 0.333. The molecule has 0 bridgehead atoms. The maximum Gasteiger partial charge on any atom is 0.255 e. The number of hydrogen-bond acceptors (Lipinski definition) is 8. The summed E-state index contributed by atoms with van der Waals surface area (Å²) in [6.45, 7) is 1.26. The van der Waals surface area contributed by atoms with Crippen LogP contribution in [0.5, 0.6) is 0 Å². The summed E-state index contributed by atoms with van der Waals surface area (Å²) in [6, 6.07) is 11.8. The zero-order valence-corrected chi connectivity index (χ0v) is 19.4. The van der Waals surface area contributed by atoms with Gasteiger partial charge in [-0.25, -0.2) is 0 Å². The van der Waals surface area contributed by atoms with Crippen molar-refractivity contribution in [2.75, 3.05) is 31.6 Å². The molecule has 4 rings (SSSR count). The minimum Gasteiger partial charge on any atom is -0.365 e. The lowest BCUT2D eigenvalue weighted by Gasteiger charge is -2.29. The minimum absolute atomic E-state index is 0.111. The highest BCUT2D eigenvalue weighted by atomic mass is 16.2. The molecule has 35 heavy (non-hydrogen) atoms. The minimum atomic E-state index is -0.681. The SMILES string of the molecule is CN(CC(=O)NCCN)c1ccc(/N=N/c2cccc3c2CN(C2CCC(=O)NC2=O)C3=O)cc1. The number of imide groups is 1. The number of benzene rings is 2. The van der Waals surface area contributed by atoms with E-state index < -0.39 is 11.9 Å². The zero-order chi connectivity index (χ0) is 24.9. The van der Waals surface area contributed by atoms with Gasteiger partial charge in [0.1, 0.15) is 6.04 Å². The van der Waals surface area contributed by atoms with Crippen molar-refractivity contribution >= 4 is 40.7 Å². The van der Waals surface area contributed by atoms with E-state index in [1.165, 1.54) is 4.90 Å². The largest absolute Gasteiger partial charge is 0.365 e. The number of anilines is 1. The number of carbonyl (C=O) groups is 4. The van der Waals surface area contributed by atoms with Gasteiger partial charge >= 0.3 is 0 Å². The van der Waals surface area contributed by atoms with Crippen molar-refractivity contribution in [3.05, 3.63) is 53.6 Å². The first-order valence-corrected chi connectivity index (χ1v) is 11.3. The van der Waals surface area contributed by atoms with Crippen LogP contribution >= 0.6 is 0 Å². The van der Waals surface area contributed by atoms with Crippen LogP contribution in [-0.2, 0) is 20.9 Å². The van der Waals surface area contributed by atoms with Gasteiger partial charge in [0.15, 0.2) is 0 Å². The van der Waals surface area contributed by atoms with Gasteiger partial charge < -0.3 is 20.9 Å². The highest BCUT2D eigenvalue weighted by Gasteiger charge is 2.39. The second kappa shape index (κ2) is 10.4. The summed E-state index contributed by atoms with van der Waals surface area (Å²) in [5, 5.41) is 13.7. The Hall–Kier alpha value is -4.12. The van der Waals surface area contributed by atoms with Crippen LogP contribution in [0.15, 0.2) is 52.7 Å². The van der Waals surface area contributed by atoms with Gasteiger partial charge in [-0.1, -0.05) is 6.07 Å². The Labute approximate surface area is 202 Å². The summed E-state index contributed by atoms with van der Waals surface area (Å²) in [5.41, 5.74) is 8.58. The van der Waals surface area contributed by atoms with E-state index in [9.17, 15) is 19.2 Å². The number of piperidine rings is 1. The van der Waals surface area contributed by atoms with E-state index in [1.807, 2.05) is 24.1 Å². The van der Waals surface area contributed by atoms with E-state index in [1.54, 1.807) is 30.3 Å². The van der Waals surface area contributed by atoms with E-state index in [-0.39, 0.29) is 37.2 Å². The number of likely N-dealkylation sites (N-methyl/N-ethyl adjacent to an activating group) is 1. The molecular formula is C24H27N7O4. The highest BCUT2D eigenvalue weighted by molar-refractivity contribution is 6.06. The number of nitrogens with one attached hydrogen (secondary N) is 2. The Morgan fingerprint density at radius 2 is 1.94 bits per heavy atom. The van der Waals surface area contributed by atoms with Crippen molar-refractivity contribution in [2.24, 2.45) is 16.0 Å². The first-order chi connectivity index (χ1) is 16.9. The Bertz CT molecular complexity index is 1180. The quantitative estimate of drug-likeness (QED) is 0.386. The number of carbonyl (C=O) groups excluding carboxylic acids is 4. The fourth-order valence-corrected chi connectivity index (χ4v) is 4.12. The summed E-state index contributed by atoms with van der Waals surface area (Å²) >= 11 is 0. The monoisotopic (exact) mass is 477 g/mol. The molecule has 2 aromatic carbocycles. The third-order valence-corrected chi connectivity index (χ3v) is 5.97. The molecule has 1 unspecified atom stereocenters. The molecule has 182 valence electrons. The Kier molecular flexibility index (Phi) is 7.16. The van der Waals surface area contributed by atoms with E-state index in [0.717, 1.165) is 5.69 Å². The van der Waals surface area contributed by atoms with Gasteiger partial charge in [0, 0.05) is 49.9 Å². The van der Waals surface area contributed by atoms with Crippen molar-refractivity contribution in [1.82, 2.24) is 15.5 Å². The molecular weight excluding hydrogens is 450 g/mol. The number of amides is 4. The molecule has 0 aliphatic carbocycles. The third-order valence-electron chi connectivity index (χ3n) is 5.97. The van der Waals surface area contributed by atoms with Gasteiger partial charge in [0.05, 0.1) is 17.9 Å². The number of rotatable bonds is 8. The Morgan fingerprint density at radius 1 is 1.17 bits per heavy atom. The molecule has 2 aliphatic heterocycles. The molecule has 1 atom stereocenters. The van der Waals surface area contributed by atoms with Crippen LogP contribution in [-0.4, -0.2) is 61.3 Å². The van der Waals surface area contributed by atoms with Crippen molar-refractivity contribution in [3.8, 4) is 0 Å². The van der Waals surface area contributed by atoms with Crippen LogP contribution in [0.4, 0.5) is 17.1 Å². The van der Waals surface area contributed by atoms with E-state index in [0.29, 0.717) is 42.0 Å². The highest BCUT2D eigenvalue weighted by Crippen LogP contribution is 2.34. The van der Waals surface area contributed by atoms with Crippen LogP contribution < -0.4 is 21.3 Å². The molecule has 11 nitrogen and oxygen atoms in total. The normalized spacial score (nSPS) is 17.5. The van der Waals surface area contributed by atoms with Gasteiger partial charge in [0.25, 0.3) is 5.91 Å². The number of nitrogens with zero attached hydrogens (tertiary/aromatic N) is 4. The second-order valence-corrected chi connectivity index (χ2v) is 8.41. The molecule has 2 heterocycles. The van der Waals surface area contributed by atoms with Crippen LogP contribution in [0, 0.1) is 0 Å². The van der Waals surface area contributed by atoms with Crippen LogP contribution in [0.1, 0.15) is 28.8 Å². The van der Waals surface area contributed by atoms with Crippen molar-refractivity contribution in [3.63, 3.8) is 0 Å². The van der Waals surface area contributed by atoms with Gasteiger partial charge in [-0.05, 0) is 42.8 Å². The molecule has 0 aromatic heterocycles. The topological polar surface area (TPSA) is 150 Å². The van der Waals surface area contributed by atoms with Crippen molar-refractivity contribution in [2.45, 2.75) is 25.4 Å². The standard InChI is InChI=1S/C24H27N7O4/c1-30(14-22(33)26-12-11-25)16-7-5-15(6-8-16)28-29-19-4-2-3-17-18(19)13-31(24(17)35)20-9-10-21(32)27-23(20)34/h2-8,20H,9-14,25H2,1H3,(H,26,33)(H,27,32,34)/b29-28+. The average Bonchev–Trinajstić information content (AvgIpc) is 3.18. The lowest BCUT2D eigenvalue weighted by Crippen LogP contribution is -2.52. The molecule has 1 fully saturated rings. The predicted molar refractivity (Wildman–Crippen MR) is 128 cm³/mol. The van der Waals surface area contributed by atoms with Gasteiger partial charge in [-0.15, -0.1) is 0 Å². The summed E-state index contributed by atoms with van der Waals surface area (Å²) in [5.74, 6) is -1.14. The molecule has 11 heteroatoms. The number of fused-ring (bicyclic) bond motifs is 1. The molecule has 0 radical (unpaired) electrons. The van der Waals surface area contributed by atoms with E-state index in [4.69, 9.17) is 5.73 Å². The lowest BCUT2D eigenvalue weighted by molar-refractivity contribution is -0.137. The van der Waals surface area contributed by atoms with Gasteiger partial charge in [-0.3, -0.25) is 24.5 Å². The molecule has 4 amide bonds. The molecule has 2 aliphatic rings. The first-order valence-electron chi connectivity index (χ1n) is 11.3. The summed E-state index contributed by atoms with van der Waals surface area (Å²) in [7, 11) is 1.82. The van der Waals surface area contributed by atoms with Crippen LogP contribution in [0.25, 0.3) is 0 Å². The van der Waals surface area contributed by atoms with Crippen molar-refractivity contribution < 1.29 is 19.2 Å². The lowest BCUT2D eigenvalue weighted by atomic mass is 10.0. The van der Waals surface area contributed by atoms with Gasteiger partial charge in [-0.2, -0.15) is 10.2 Å². The zero-order valence-electron chi connectivity index (χ0n) is 19.4. The number of nitrogens with two attached hydrogens (primary N) is 1. The van der Waals surface area contributed by atoms with Gasteiger partial charge in [0.2, 0.25) is 17.7 Å². The second-order valence-electron chi connectivity index (χ2n) is 8.41. The molecule has 1 saturated heterocycles. The van der Waals surface area contributed by atoms with E-state index in [2.05, 4.69) is 20.9 Å². The average molecular weight is 478 g/mol. The summed E-state index contributed by atoms with van der Waals surface area (Å²) in [4.78, 5) is 51.8. The fourth-order valence-electron chi connectivity index (χ4n) is 4.12. The molecule has 0 spiro atoms. The predicted octanol–water partition coefficient (Wildman–Crippen LogP) is 1.37. The Balaban J connectivity index is 1.44. The van der Waals surface area contributed by atoms with Crippen molar-refractivity contribution in [1.29, 1.82) is 0 Å². The molecule has 2 aromatic rings. The molecule has 4 N–H and O–H groups in total. The maximum absolute atomic E-state index is 12.9. The Morgan fingerprint density at radius 3 is 2.66 bits per heavy atom. The smallest absolute Gasteiger partial charge is 0.255 e. The van der Waals surface area contributed by atoms with Crippen LogP contribution in [0.3, 0.4) is 0 Å². The van der Waals surface area contributed by atoms with Crippen LogP contribution in [0.2, 0.25) is 0 Å². The molecule has 0 saturated carbocycles.